The summed E-state index contributed by atoms with van der Waals surface area (Å²) in [4.78, 5) is 13.7. The monoisotopic (exact) mass is 335 g/mol. The molecule has 0 aromatic heterocycles. The first kappa shape index (κ1) is 17.3. The van der Waals surface area contributed by atoms with Crippen LogP contribution in [0.5, 0.6) is 0 Å². The highest BCUT2D eigenvalue weighted by molar-refractivity contribution is 5.95. The molecule has 1 N–H and O–H groups in total. The van der Waals surface area contributed by atoms with Gasteiger partial charge >= 0.3 is 5.97 Å². The van der Waals surface area contributed by atoms with E-state index in [2.05, 4.69) is 57.0 Å². The topological polar surface area (TPSA) is 40.5 Å². The molecule has 1 aromatic rings. The molecule has 1 atom stereocenters. The van der Waals surface area contributed by atoms with E-state index in [0.29, 0.717) is 5.57 Å². The van der Waals surface area contributed by atoms with Gasteiger partial charge in [-0.15, -0.1) is 0 Å². The fraction of sp³-hybridized carbons (Fsp3) is 0.318. The van der Waals surface area contributed by atoms with Crippen LogP contribution in [-0.4, -0.2) is 22.0 Å². The van der Waals surface area contributed by atoms with Crippen molar-refractivity contribution in [3.8, 4) is 0 Å². The third kappa shape index (κ3) is 2.95. The predicted octanol–water partition coefficient (Wildman–Crippen LogP) is 4.87. The Morgan fingerprint density at radius 3 is 2.56 bits per heavy atom. The summed E-state index contributed by atoms with van der Waals surface area (Å²) in [7, 11) is 0. The van der Waals surface area contributed by atoms with Crippen molar-refractivity contribution in [2.45, 2.75) is 40.2 Å². The zero-order chi connectivity index (χ0) is 18.5. The van der Waals surface area contributed by atoms with Crippen LogP contribution >= 0.6 is 0 Å². The summed E-state index contributed by atoms with van der Waals surface area (Å²) < 4.78 is 0. The highest BCUT2D eigenvalue weighted by Crippen LogP contribution is 2.43. The van der Waals surface area contributed by atoms with E-state index >= 15 is 0 Å². The van der Waals surface area contributed by atoms with Crippen molar-refractivity contribution in [1.29, 1.82) is 0 Å². The number of carbonyl (C=O) groups is 1. The van der Waals surface area contributed by atoms with Gasteiger partial charge in [0, 0.05) is 23.5 Å². The first-order valence-corrected chi connectivity index (χ1v) is 8.53. The van der Waals surface area contributed by atoms with E-state index in [4.69, 9.17) is 0 Å². The molecule has 3 heteroatoms. The van der Waals surface area contributed by atoms with Gasteiger partial charge in [-0.2, -0.15) is 0 Å². The minimum Gasteiger partial charge on any atom is -0.478 e. The molecular formula is C22H25NO2. The fourth-order valence-corrected chi connectivity index (χ4v) is 3.58. The van der Waals surface area contributed by atoms with Gasteiger partial charge in [0.15, 0.2) is 0 Å². The summed E-state index contributed by atoms with van der Waals surface area (Å²) in [5.74, 6) is -0.934. The average Bonchev–Trinajstić information content (AvgIpc) is 2.51. The number of allylic oxidation sites excluding steroid dienone is 2. The summed E-state index contributed by atoms with van der Waals surface area (Å²) in [6.45, 7) is 16.6. The molecule has 2 aliphatic rings. The fourth-order valence-electron chi connectivity index (χ4n) is 3.58. The van der Waals surface area contributed by atoms with Crippen LogP contribution in [0.1, 0.15) is 44.4 Å². The zero-order valence-electron chi connectivity index (χ0n) is 15.4. The second kappa shape index (κ2) is 5.76. The second-order valence-electron chi connectivity index (χ2n) is 8.05. The second-order valence-corrected chi connectivity index (χ2v) is 8.05. The first-order chi connectivity index (χ1) is 11.6. The molecule has 1 aromatic carbocycles. The molecule has 3 nitrogen and oxygen atoms in total. The Balaban J connectivity index is 2.19. The van der Waals surface area contributed by atoms with E-state index in [1.54, 1.807) is 6.20 Å². The van der Waals surface area contributed by atoms with E-state index in [1.165, 1.54) is 5.56 Å². The van der Waals surface area contributed by atoms with Crippen LogP contribution in [0.4, 0.5) is 0 Å². The zero-order valence-corrected chi connectivity index (χ0v) is 15.4. The summed E-state index contributed by atoms with van der Waals surface area (Å²) >= 11 is 0. The number of aliphatic carboxylic acids is 1. The van der Waals surface area contributed by atoms with Crippen molar-refractivity contribution in [3.05, 3.63) is 71.5 Å². The quantitative estimate of drug-likeness (QED) is 0.838. The van der Waals surface area contributed by atoms with E-state index in [1.807, 2.05) is 13.0 Å². The molecule has 0 radical (unpaired) electrons. The number of benzene rings is 1. The normalized spacial score (nSPS) is 19.6. The van der Waals surface area contributed by atoms with Crippen LogP contribution in [0.15, 0.2) is 54.8 Å². The molecule has 0 aliphatic carbocycles. The number of nitrogens with zero attached hydrogens (tertiary/aromatic N) is 1. The molecule has 0 saturated carbocycles. The highest BCUT2D eigenvalue weighted by Gasteiger charge is 2.38. The molecule has 3 rings (SSSR count). The number of hydrogen-bond acceptors (Lipinski definition) is 2. The summed E-state index contributed by atoms with van der Waals surface area (Å²) in [6, 6.07) is 6.59. The molecule has 0 spiro atoms. The Hall–Kier alpha value is -2.55. The van der Waals surface area contributed by atoms with Crippen molar-refractivity contribution in [3.63, 3.8) is 0 Å². The highest BCUT2D eigenvalue weighted by atomic mass is 16.4. The molecule has 0 bridgehead atoms. The molecule has 0 amide bonds. The third-order valence-corrected chi connectivity index (χ3v) is 5.06. The number of fused-ring (bicyclic) bond motifs is 3. The Morgan fingerprint density at radius 2 is 2.00 bits per heavy atom. The lowest BCUT2D eigenvalue weighted by molar-refractivity contribution is -0.132. The van der Waals surface area contributed by atoms with E-state index < -0.39 is 5.97 Å². The van der Waals surface area contributed by atoms with Gasteiger partial charge in [-0.05, 0) is 41.5 Å². The van der Waals surface area contributed by atoms with Crippen LogP contribution in [0.3, 0.4) is 0 Å². The van der Waals surface area contributed by atoms with Crippen LogP contribution in [-0.2, 0) is 11.2 Å². The molecule has 0 fully saturated rings. The van der Waals surface area contributed by atoms with E-state index in [-0.39, 0.29) is 17.0 Å². The Morgan fingerprint density at radius 1 is 1.32 bits per heavy atom. The van der Waals surface area contributed by atoms with Crippen molar-refractivity contribution in [2.24, 2.45) is 5.41 Å². The molecular weight excluding hydrogens is 310 g/mol. The molecule has 2 aliphatic heterocycles. The molecule has 2 heterocycles. The molecule has 0 saturated heterocycles. The van der Waals surface area contributed by atoms with Crippen LogP contribution in [0, 0.1) is 5.41 Å². The maximum atomic E-state index is 11.6. The maximum absolute atomic E-state index is 11.6. The van der Waals surface area contributed by atoms with Crippen molar-refractivity contribution < 1.29 is 9.90 Å². The summed E-state index contributed by atoms with van der Waals surface area (Å²) in [6.07, 6.45) is 4.53. The smallest absolute Gasteiger partial charge is 0.337 e. The van der Waals surface area contributed by atoms with Gasteiger partial charge in [0.05, 0.1) is 5.57 Å². The minimum absolute atomic E-state index is 0.00516. The summed E-state index contributed by atoms with van der Waals surface area (Å²) in [5.41, 5.74) is 6.46. The number of carboxylic acid groups (broad SMARTS) is 1. The number of rotatable bonds is 2. The van der Waals surface area contributed by atoms with Gasteiger partial charge in [-0.25, -0.2) is 4.79 Å². The van der Waals surface area contributed by atoms with E-state index in [0.717, 1.165) is 28.8 Å². The summed E-state index contributed by atoms with van der Waals surface area (Å²) in [5, 5.41) is 9.49. The molecule has 25 heavy (non-hydrogen) atoms. The van der Waals surface area contributed by atoms with Gasteiger partial charge in [-0.1, -0.05) is 57.7 Å². The lowest BCUT2D eigenvalue weighted by Crippen LogP contribution is -2.45. The first-order valence-electron chi connectivity index (χ1n) is 8.53. The van der Waals surface area contributed by atoms with Gasteiger partial charge in [0.2, 0.25) is 0 Å². The van der Waals surface area contributed by atoms with Crippen LogP contribution in [0.2, 0.25) is 0 Å². The molecule has 1 unspecified atom stereocenters. The lowest BCUT2D eigenvalue weighted by atomic mass is 9.76. The van der Waals surface area contributed by atoms with Crippen molar-refractivity contribution in [2.75, 3.05) is 0 Å². The average molecular weight is 335 g/mol. The standard InChI is InChI=1S/C22H25NO2/c1-13(2)15-7-8-17-16(10-15)11-20(22(4,5)6)23-12-18(21(24)25)14(3)9-19(17)23/h7-10,12,20H,1,3,11H2,2,4-6H3,(H,24,25). The maximum Gasteiger partial charge on any atom is 0.337 e. The van der Waals surface area contributed by atoms with Gasteiger partial charge in [-0.3, -0.25) is 0 Å². The predicted molar refractivity (Wildman–Crippen MR) is 103 cm³/mol. The number of hydrogen-bond donors (Lipinski definition) is 1. The van der Waals surface area contributed by atoms with Gasteiger partial charge in [0.25, 0.3) is 0 Å². The van der Waals surface area contributed by atoms with Crippen LogP contribution < -0.4 is 0 Å². The van der Waals surface area contributed by atoms with Crippen molar-refractivity contribution >= 4 is 17.2 Å². The van der Waals surface area contributed by atoms with Crippen molar-refractivity contribution in [1.82, 2.24) is 4.90 Å². The largest absolute Gasteiger partial charge is 0.478 e. The van der Waals surface area contributed by atoms with E-state index in [9.17, 15) is 9.90 Å². The molecule has 130 valence electrons. The number of carboxylic acids is 1. The lowest BCUT2D eigenvalue weighted by Gasteiger charge is -2.46. The Labute approximate surface area is 149 Å². The van der Waals surface area contributed by atoms with Crippen LogP contribution in [0.25, 0.3) is 11.3 Å². The Kier molecular flexibility index (Phi) is 3.98. The third-order valence-electron chi connectivity index (χ3n) is 5.06. The minimum atomic E-state index is -0.934. The van der Waals surface area contributed by atoms with Gasteiger partial charge in [0.1, 0.15) is 0 Å². The SMILES string of the molecule is C=C1C=C2c3ccc(C(=C)C)cc3CC(C(C)(C)C)N2C=C1C(=O)O. The van der Waals surface area contributed by atoms with Gasteiger partial charge < -0.3 is 10.0 Å². The Bertz CT molecular complexity index is 849.